The number of hydrogen-bond donors (Lipinski definition) is 1. The predicted octanol–water partition coefficient (Wildman–Crippen LogP) is 1.29. The lowest BCUT2D eigenvalue weighted by Crippen LogP contribution is -2.40. The van der Waals surface area contributed by atoms with Gasteiger partial charge in [-0.1, -0.05) is 12.1 Å². The molecule has 1 aromatic rings. The first kappa shape index (κ1) is 14.2. The van der Waals surface area contributed by atoms with E-state index in [9.17, 15) is 14.0 Å². The van der Waals surface area contributed by atoms with Crippen molar-refractivity contribution >= 4 is 17.5 Å². The molecule has 0 unspecified atom stereocenters. The summed E-state index contributed by atoms with van der Waals surface area (Å²) >= 11 is 0. The molecule has 0 aliphatic carbocycles. The fraction of sp³-hybridized carbons (Fsp3) is 0.357. The number of likely N-dealkylation sites (N-methyl/N-ethyl adjacent to an activating group) is 1. The van der Waals surface area contributed by atoms with Gasteiger partial charge in [0.05, 0.1) is 5.71 Å². The van der Waals surface area contributed by atoms with Crippen molar-refractivity contribution in [3.63, 3.8) is 0 Å². The van der Waals surface area contributed by atoms with E-state index in [2.05, 4.69) is 10.4 Å². The number of hydrazone groups is 1. The highest BCUT2D eigenvalue weighted by Gasteiger charge is 2.23. The minimum absolute atomic E-state index is 0.0859. The van der Waals surface area contributed by atoms with Crippen LogP contribution < -0.4 is 5.32 Å². The fourth-order valence-corrected chi connectivity index (χ4v) is 1.96. The third-order valence-corrected chi connectivity index (χ3v) is 2.95. The first-order chi connectivity index (χ1) is 9.60. The van der Waals surface area contributed by atoms with Crippen molar-refractivity contribution in [2.24, 2.45) is 5.10 Å². The summed E-state index contributed by atoms with van der Waals surface area (Å²) in [6, 6.07) is 5.94. The second kappa shape index (κ2) is 6.27. The fourth-order valence-electron chi connectivity index (χ4n) is 1.96. The SMILES string of the molecule is CCNC(=O)CN1N=C(c2ccc(F)cc2)CCC1=O. The molecule has 2 rings (SSSR count). The van der Waals surface area contributed by atoms with Crippen LogP contribution in [0.4, 0.5) is 4.39 Å². The molecule has 1 N–H and O–H groups in total. The van der Waals surface area contributed by atoms with Crippen LogP contribution in [-0.2, 0) is 9.59 Å². The molecule has 1 heterocycles. The lowest BCUT2D eigenvalue weighted by atomic mass is 10.0. The predicted molar refractivity (Wildman–Crippen MR) is 72.6 cm³/mol. The standard InChI is InChI=1S/C14H16FN3O2/c1-2-16-13(19)9-18-14(20)8-7-12(17-18)10-3-5-11(15)6-4-10/h3-6H,2,7-9H2,1H3,(H,16,19). The highest BCUT2D eigenvalue weighted by Crippen LogP contribution is 2.15. The van der Waals surface area contributed by atoms with Gasteiger partial charge >= 0.3 is 0 Å². The number of halogens is 1. The van der Waals surface area contributed by atoms with E-state index < -0.39 is 0 Å². The van der Waals surface area contributed by atoms with E-state index in [0.717, 1.165) is 5.56 Å². The summed E-state index contributed by atoms with van der Waals surface area (Å²) in [5.41, 5.74) is 1.45. The van der Waals surface area contributed by atoms with E-state index in [-0.39, 0.29) is 24.2 Å². The molecular weight excluding hydrogens is 261 g/mol. The van der Waals surface area contributed by atoms with E-state index in [1.54, 1.807) is 12.1 Å². The smallest absolute Gasteiger partial charge is 0.243 e. The molecule has 0 fully saturated rings. The van der Waals surface area contributed by atoms with Crippen LogP contribution in [0.25, 0.3) is 0 Å². The number of nitrogens with zero attached hydrogens (tertiary/aromatic N) is 2. The number of carbonyl (C=O) groups is 2. The quantitative estimate of drug-likeness (QED) is 0.901. The van der Waals surface area contributed by atoms with Crippen LogP contribution in [0.1, 0.15) is 25.3 Å². The Morgan fingerprint density at radius 2 is 2.05 bits per heavy atom. The maximum absolute atomic E-state index is 12.9. The van der Waals surface area contributed by atoms with Gasteiger partial charge < -0.3 is 5.32 Å². The summed E-state index contributed by atoms with van der Waals surface area (Å²) in [4.78, 5) is 23.3. The zero-order valence-electron chi connectivity index (χ0n) is 11.2. The van der Waals surface area contributed by atoms with Crippen LogP contribution >= 0.6 is 0 Å². The van der Waals surface area contributed by atoms with Gasteiger partial charge in [0.15, 0.2) is 0 Å². The zero-order chi connectivity index (χ0) is 14.5. The molecule has 6 heteroatoms. The second-order valence-corrected chi connectivity index (χ2v) is 4.46. The van der Waals surface area contributed by atoms with Gasteiger partial charge in [-0.25, -0.2) is 9.40 Å². The molecule has 106 valence electrons. The zero-order valence-corrected chi connectivity index (χ0v) is 11.2. The van der Waals surface area contributed by atoms with Gasteiger partial charge in [0, 0.05) is 19.4 Å². The molecule has 0 saturated heterocycles. The average Bonchev–Trinajstić information content (AvgIpc) is 2.42. The minimum atomic E-state index is -0.319. The highest BCUT2D eigenvalue weighted by atomic mass is 19.1. The van der Waals surface area contributed by atoms with E-state index in [4.69, 9.17) is 0 Å². The molecule has 5 nitrogen and oxygen atoms in total. The molecule has 0 spiro atoms. The normalized spacial score (nSPS) is 15.0. The van der Waals surface area contributed by atoms with Gasteiger partial charge in [0.25, 0.3) is 0 Å². The maximum atomic E-state index is 12.9. The molecule has 1 aliphatic rings. The van der Waals surface area contributed by atoms with Crippen molar-refractivity contribution in [2.45, 2.75) is 19.8 Å². The van der Waals surface area contributed by atoms with E-state index in [0.29, 0.717) is 25.1 Å². The van der Waals surface area contributed by atoms with Crippen molar-refractivity contribution in [2.75, 3.05) is 13.1 Å². The molecule has 0 saturated carbocycles. The van der Waals surface area contributed by atoms with Crippen molar-refractivity contribution < 1.29 is 14.0 Å². The molecule has 0 aromatic heterocycles. The van der Waals surface area contributed by atoms with Gasteiger partial charge in [-0.2, -0.15) is 5.10 Å². The molecule has 1 aromatic carbocycles. The molecule has 0 atom stereocenters. The van der Waals surface area contributed by atoms with Gasteiger partial charge in [0.2, 0.25) is 11.8 Å². The monoisotopic (exact) mass is 277 g/mol. The van der Waals surface area contributed by atoms with Gasteiger partial charge in [-0.05, 0) is 24.6 Å². The summed E-state index contributed by atoms with van der Waals surface area (Å²) in [7, 11) is 0. The van der Waals surface area contributed by atoms with Gasteiger partial charge in [-0.15, -0.1) is 0 Å². The van der Waals surface area contributed by atoms with E-state index in [1.165, 1.54) is 17.1 Å². The first-order valence-electron chi connectivity index (χ1n) is 6.50. The Bertz CT molecular complexity index is 540. The van der Waals surface area contributed by atoms with Crippen molar-refractivity contribution in [3.8, 4) is 0 Å². The number of benzene rings is 1. The Morgan fingerprint density at radius 3 is 2.70 bits per heavy atom. The van der Waals surface area contributed by atoms with Gasteiger partial charge in [-0.3, -0.25) is 9.59 Å². The van der Waals surface area contributed by atoms with Crippen LogP contribution in [0.15, 0.2) is 29.4 Å². The Hall–Kier alpha value is -2.24. The average molecular weight is 277 g/mol. The number of nitrogens with one attached hydrogen (secondary N) is 1. The third kappa shape index (κ3) is 3.40. The van der Waals surface area contributed by atoms with Crippen molar-refractivity contribution in [3.05, 3.63) is 35.6 Å². The third-order valence-electron chi connectivity index (χ3n) is 2.95. The van der Waals surface area contributed by atoms with Crippen molar-refractivity contribution in [1.82, 2.24) is 10.3 Å². The summed E-state index contributed by atoms with van der Waals surface area (Å²) in [5, 5.41) is 8.00. The van der Waals surface area contributed by atoms with E-state index >= 15 is 0 Å². The van der Waals surface area contributed by atoms with Crippen LogP contribution in [0.5, 0.6) is 0 Å². The van der Waals surface area contributed by atoms with Gasteiger partial charge in [0.1, 0.15) is 12.4 Å². The summed E-state index contributed by atoms with van der Waals surface area (Å²) < 4.78 is 12.9. The summed E-state index contributed by atoms with van der Waals surface area (Å²) in [5.74, 6) is -0.743. The Kier molecular flexibility index (Phi) is 4.45. The molecular formula is C14H16FN3O2. The Labute approximate surface area is 116 Å². The molecule has 1 aliphatic heterocycles. The number of hydrogen-bond acceptors (Lipinski definition) is 3. The molecule has 0 bridgehead atoms. The van der Waals surface area contributed by atoms with E-state index in [1.807, 2.05) is 6.92 Å². The lowest BCUT2D eigenvalue weighted by molar-refractivity contribution is -0.136. The minimum Gasteiger partial charge on any atom is -0.355 e. The highest BCUT2D eigenvalue weighted by molar-refractivity contribution is 6.04. The maximum Gasteiger partial charge on any atom is 0.243 e. The van der Waals surface area contributed by atoms with Crippen LogP contribution in [0.2, 0.25) is 0 Å². The second-order valence-electron chi connectivity index (χ2n) is 4.46. The number of carbonyl (C=O) groups excluding carboxylic acids is 2. The van der Waals surface area contributed by atoms with Crippen molar-refractivity contribution in [1.29, 1.82) is 0 Å². The van der Waals surface area contributed by atoms with Crippen LogP contribution in [0.3, 0.4) is 0 Å². The number of rotatable bonds is 4. The molecule has 20 heavy (non-hydrogen) atoms. The summed E-state index contributed by atoms with van der Waals surface area (Å²) in [6.45, 7) is 2.23. The Morgan fingerprint density at radius 1 is 1.35 bits per heavy atom. The molecule has 2 amide bonds. The topological polar surface area (TPSA) is 61.8 Å². The largest absolute Gasteiger partial charge is 0.355 e. The first-order valence-corrected chi connectivity index (χ1v) is 6.50. The Balaban J connectivity index is 2.15. The molecule has 0 radical (unpaired) electrons. The van der Waals surface area contributed by atoms with Crippen LogP contribution in [0, 0.1) is 5.82 Å². The lowest BCUT2D eigenvalue weighted by Gasteiger charge is -2.23. The summed E-state index contributed by atoms with van der Waals surface area (Å²) in [6.07, 6.45) is 0.798. The van der Waals surface area contributed by atoms with Crippen LogP contribution in [-0.4, -0.2) is 35.6 Å². The number of amides is 2.